The van der Waals surface area contributed by atoms with Crippen LogP contribution in [0.1, 0.15) is 32.9 Å². The van der Waals surface area contributed by atoms with Crippen LogP contribution >= 0.6 is 0 Å². The van der Waals surface area contributed by atoms with Crippen molar-refractivity contribution in [1.82, 2.24) is 10.2 Å². The first-order valence-corrected chi connectivity index (χ1v) is 5.87. The lowest BCUT2D eigenvalue weighted by Gasteiger charge is -2.29. The molecule has 1 atom stereocenters. The third kappa shape index (κ3) is 1.82. The summed E-state index contributed by atoms with van der Waals surface area (Å²) in [6, 6.07) is -0.633. The zero-order chi connectivity index (χ0) is 17.2. The van der Waals surface area contributed by atoms with E-state index in [-0.39, 0.29) is 29.7 Å². The number of nitrogens with zero attached hydrogens (tertiary/aromatic N) is 1. The number of piperidine rings is 1. The van der Waals surface area contributed by atoms with Gasteiger partial charge in [-0.1, -0.05) is 0 Å². The number of nitrogens with one attached hydrogen (secondary N) is 1. The van der Waals surface area contributed by atoms with Crippen molar-refractivity contribution in [3.8, 4) is 0 Å². The van der Waals surface area contributed by atoms with Crippen molar-refractivity contribution >= 4 is 23.4 Å². The third-order valence-corrected chi connectivity index (χ3v) is 3.16. The van der Waals surface area contributed by atoms with E-state index < -0.39 is 36.1 Å². The Balaban J connectivity index is 2.16. The lowest BCUT2D eigenvalue weighted by atomic mass is 10.0. The van der Waals surface area contributed by atoms with E-state index in [0.29, 0.717) is 4.90 Å². The van der Waals surface area contributed by atoms with Crippen LogP contribution in [0.25, 0.3) is 0 Å². The van der Waals surface area contributed by atoms with Crippen LogP contribution in [-0.4, -0.2) is 28.6 Å². The van der Waals surface area contributed by atoms with Gasteiger partial charge in [0.2, 0.25) is 11.8 Å². The van der Waals surface area contributed by atoms with Gasteiger partial charge in [-0.15, -0.1) is 0 Å². The van der Waals surface area contributed by atoms with Crippen molar-refractivity contribution < 1.29 is 22.9 Å². The van der Waals surface area contributed by atoms with Crippen molar-refractivity contribution in [2.24, 2.45) is 0 Å². The minimum absolute atomic E-state index is 0.213. The summed E-state index contributed by atoms with van der Waals surface area (Å²) >= 11 is 0. The highest BCUT2D eigenvalue weighted by atomic mass is 19.1. The van der Waals surface area contributed by atoms with E-state index in [9.17, 15) is 18.8 Å². The zero-order valence-electron chi connectivity index (χ0n) is 13.2. The topological polar surface area (TPSA) is 92.5 Å². The van der Waals surface area contributed by atoms with E-state index in [0.717, 1.165) is 12.1 Å². The number of carbonyl (C=O) groups is 3. The molecule has 20 heavy (non-hydrogen) atoms. The van der Waals surface area contributed by atoms with Gasteiger partial charge in [0.05, 0.1) is 4.11 Å². The molecule has 2 aliphatic rings. The number of nitrogens with two attached hydrogens (primary N) is 1. The average molecular weight is 280 g/mol. The molecule has 0 saturated carbocycles. The summed E-state index contributed by atoms with van der Waals surface area (Å²) in [6.07, 6.45) is -0.575. The number of amides is 3. The van der Waals surface area contributed by atoms with Gasteiger partial charge in [0, 0.05) is 29.7 Å². The summed E-state index contributed by atoms with van der Waals surface area (Å²) in [5.41, 5.74) is 4.74. The normalized spacial score (nSPS) is 30.4. The van der Waals surface area contributed by atoms with E-state index in [1.54, 1.807) is 0 Å². The fourth-order valence-corrected chi connectivity index (χ4v) is 2.21. The van der Waals surface area contributed by atoms with E-state index in [1.807, 2.05) is 5.32 Å². The van der Waals surface area contributed by atoms with Gasteiger partial charge in [0.15, 0.2) is 0 Å². The minimum atomic E-state index is -2.58. The number of nitrogen functional groups attached to an aromatic ring is 1. The number of carbonyl (C=O) groups excluding carboxylic acids is 3. The SMILES string of the molecule is [2H]C1([2H])c2c(N)cc(F)cc2C(=O)N1[C@]1([2H])CCC(=O)NC1=O. The van der Waals surface area contributed by atoms with Crippen LogP contribution < -0.4 is 11.1 Å². The van der Waals surface area contributed by atoms with Gasteiger partial charge in [-0.25, -0.2) is 4.39 Å². The van der Waals surface area contributed by atoms with Crippen molar-refractivity contribution in [3.05, 3.63) is 29.1 Å². The van der Waals surface area contributed by atoms with Crippen LogP contribution in [0.3, 0.4) is 0 Å². The lowest BCUT2D eigenvalue weighted by molar-refractivity contribution is -0.136. The molecule has 0 spiro atoms. The Bertz CT molecular complexity index is 770. The van der Waals surface area contributed by atoms with Crippen LogP contribution in [0.5, 0.6) is 0 Å². The molecule has 3 rings (SSSR count). The van der Waals surface area contributed by atoms with Gasteiger partial charge in [-0.2, -0.15) is 0 Å². The molecule has 104 valence electrons. The fraction of sp³-hybridized carbons (Fsp3) is 0.308. The van der Waals surface area contributed by atoms with E-state index in [4.69, 9.17) is 9.85 Å². The summed E-state index contributed by atoms with van der Waals surface area (Å²) < 4.78 is 38.1. The molecule has 3 N–H and O–H groups in total. The predicted octanol–water partition coefficient (Wildman–Crippen LogP) is 0.169. The first-order chi connectivity index (χ1) is 10.6. The molecule has 1 saturated heterocycles. The molecule has 0 aromatic heterocycles. The molecule has 1 aromatic rings. The maximum Gasteiger partial charge on any atom is 0.255 e. The van der Waals surface area contributed by atoms with Gasteiger partial charge >= 0.3 is 0 Å². The highest BCUT2D eigenvalue weighted by Gasteiger charge is 2.39. The maximum atomic E-state index is 13.5. The number of benzene rings is 1. The summed E-state index contributed by atoms with van der Waals surface area (Å²) in [5.74, 6) is -3.55. The van der Waals surface area contributed by atoms with Gasteiger partial charge in [-0.05, 0) is 18.6 Å². The molecule has 0 bridgehead atoms. The van der Waals surface area contributed by atoms with Gasteiger partial charge < -0.3 is 10.6 Å². The van der Waals surface area contributed by atoms with Gasteiger partial charge in [-0.3, -0.25) is 19.7 Å². The Morgan fingerprint density at radius 1 is 1.45 bits per heavy atom. The van der Waals surface area contributed by atoms with E-state index in [1.165, 1.54) is 0 Å². The Hall–Kier alpha value is -2.44. The number of hydrogen-bond acceptors (Lipinski definition) is 4. The molecule has 0 aliphatic carbocycles. The fourth-order valence-electron chi connectivity index (χ4n) is 2.21. The molecule has 0 unspecified atom stereocenters. The van der Waals surface area contributed by atoms with Gasteiger partial charge in [0.25, 0.3) is 5.91 Å². The first-order valence-electron chi connectivity index (χ1n) is 7.37. The maximum absolute atomic E-state index is 13.5. The molecular formula is C13H12FN3O3. The second-order valence-electron chi connectivity index (χ2n) is 4.49. The van der Waals surface area contributed by atoms with Crippen molar-refractivity contribution in [2.75, 3.05) is 5.73 Å². The summed E-state index contributed by atoms with van der Waals surface area (Å²) in [7, 11) is 0. The molecule has 1 aromatic carbocycles. The number of hydrogen-bond donors (Lipinski definition) is 2. The Kier molecular flexibility index (Phi) is 2.03. The summed E-state index contributed by atoms with van der Waals surface area (Å²) in [5, 5.41) is 1.93. The number of imide groups is 1. The smallest absolute Gasteiger partial charge is 0.255 e. The zero-order valence-corrected chi connectivity index (χ0v) is 10.2. The molecular weight excluding hydrogens is 265 g/mol. The van der Waals surface area contributed by atoms with Crippen LogP contribution in [0.4, 0.5) is 10.1 Å². The molecule has 2 heterocycles. The largest absolute Gasteiger partial charge is 0.398 e. The molecule has 2 aliphatic heterocycles. The van der Waals surface area contributed by atoms with Gasteiger partial charge in [0.1, 0.15) is 11.8 Å². The summed E-state index contributed by atoms with van der Waals surface area (Å²) in [4.78, 5) is 36.3. The highest BCUT2D eigenvalue weighted by Crippen LogP contribution is 2.31. The van der Waals surface area contributed by atoms with Crippen molar-refractivity contribution in [3.63, 3.8) is 0 Å². The quantitative estimate of drug-likeness (QED) is 0.566. The van der Waals surface area contributed by atoms with Crippen molar-refractivity contribution in [1.29, 1.82) is 0 Å². The second-order valence-corrected chi connectivity index (χ2v) is 4.49. The molecule has 3 amide bonds. The molecule has 0 radical (unpaired) electrons. The monoisotopic (exact) mass is 280 g/mol. The first kappa shape index (κ1) is 9.46. The standard InChI is InChI=1S/C13H12FN3O3/c14-6-3-7-8(9(15)4-6)5-17(13(7)20)10-1-2-11(18)16-12(10)19/h3-4,10H,1-2,5,15H2,(H,16,18,19)/t10-/m1/s1/i5D2,10D. The Morgan fingerprint density at radius 2 is 2.20 bits per heavy atom. The highest BCUT2D eigenvalue weighted by molar-refractivity contribution is 6.06. The van der Waals surface area contributed by atoms with E-state index >= 15 is 0 Å². The summed E-state index contributed by atoms with van der Waals surface area (Å²) in [6.45, 7) is -2.58. The van der Waals surface area contributed by atoms with Crippen LogP contribution in [0, 0.1) is 5.82 Å². The van der Waals surface area contributed by atoms with E-state index in [2.05, 4.69) is 0 Å². The Morgan fingerprint density at radius 3 is 2.90 bits per heavy atom. The number of halogens is 1. The number of anilines is 1. The Labute approximate surface area is 117 Å². The molecule has 1 fully saturated rings. The van der Waals surface area contributed by atoms with Crippen LogP contribution in [0.2, 0.25) is 0 Å². The predicted molar refractivity (Wildman–Crippen MR) is 66.9 cm³/mol. The number of rotatable bonds is 1. The lowest BCUT2D eigenvalue weighted by Crippen LogP contribution is -2.52. The second kappa shape index (κ2) is 4.29. The molecule has 7 heteroatoms. The molecule has 6 nitrogen and oxygen atoms in total. The van der Waals surface area contributed by atoms with Crippen LogP contribution in [0.15, 0.2) is 12.1 Å². The van der Waals surface area contributed by atoms with Crippen LogP contribution in [-0.2, 0) is 16.1 Å². The third-order valence-electron chi connectivity index (χ3n) is 3.16. The number of fused-ring (bicyclic) bond motifs is 1. The minimum Gasteiger partial charge on any atom is -0.398 e. The van der Waals surface area contributed by atoms with Crippen molar-refractivity contribution in [2.45, 2.75) is 25.4 Å². The average Bonchev–Trinajstić information content (AvgIpc) is 2.62.